The molecule has 1 fully saturated rings. The molecular weight excluding hydrogens is 218 g/mol. The highest BCUT2D eigenvalue weighted by Gasteiger charge is 2.29. The zero-order valence-corrected chi connectivity index (χ0v) is 9.59. The van der Waals surface area contributed by atoms with Crippen LogP contribution in [0.1, 0.15) is 13.3 Å². The van der Waals surface area contributed by atoms with E-state index in [1.165, 1.54) is 0 Å². The summed E-state index contributed by atoms with van der Waals surface area (Å²) in [6, 6.07) is -0.314. The van der Waals surface area contributed by atoms with Crippen molar-refractivity contribution in [3.05, 3.63) is 0 Å². The van der Waals surface area contributed by atoms with E-state index in [0.29, 0.717) is 19.5 Å². The van der Waals surface area contributed by atoms with Crippen molar-refractivity contribution in [2.75, 3.05) is 24.6 Å². The fourth-order valence-corrected chi connectivity index (χ4v) is 2.97. The molecule has 7 heteroatoms. The number of sulfone groups is 1. The summed E-state index contributed by atoms with van der Waals surface area (Å²) in [5.74, 6) is 5.06. The van der Waals surface area contributed by atoms with Crippen LogP contribution in [0.3, 0.4) is 0 Å². The molecule has 0 bridgehead atoms. The highest BCUT2D eigenvalue weighted by molar-refractivity contribution is 7.91. The molecule has 1 amide bonds. The van der Waals surface area contributed by atoms with Gasteiger partial charge < -0.3 is 0 Å². The van der Waals surface area contributed by atoms with Gasteiger partial charge in [-0.05, 0) is 6.42 Å². The molecule has 6 nitrogen and oxygen atoms in total. The summed E-state index contributed by atoms with van der Waals surface area (Å²) < 4.78 is 22.4. The summed E-state index contributed by atoms with van der Waals surface area (Å²) in [6.45, 7) is 2.70. The third-order valence-electron chi connectivity index (χ3n) is 2.65. The van der Waals surface area contributed by atoms with Crippen molar-refractivity contribution in [3.63, 3.8) is 0 Å². The number of nitrogens with zero attached hydrogens (tertiary/aromatic N) is 1. The van der Waals surface area contributed by atoms with Crippen molar-refractivity contribution in [2.24, 2.45) is 5.84 Å². The van der Waals surface area contributed by atoms with Crippen molar-refractivity contribution in [3.8, 4) is 0 Å². The summed E-state index contributed by atoms with van der Waals surface area (Å²) in [5, 5.41) is 0. The fourth-order valence-electron chi connectivity index (χ4n) is 1.74. The predicted octanol–water partition coefficient (Wildman–Crippen LogP) is -1.51. The normalized spacial score (nSPS) is 23.3. The molecule has 1 atom stereocenters. The molecule has 88 valence electrons. The molecule has 0 saturated carbocycles. The number of carbonyl (C=O) groups is 1. The van der Waals surface area contributed by atoms with Crippen LogP contribution in [0.25, 0.3) is 0 Å². The molecule has 0 aromatic rings. The number of hydrogen-bond acceptors (Lipinski definition) is 5. The van der Waals surface area contributed by atoms with Crippen LogP contribution in [-0.2, 0) is 14.6 Å². The third kappa shape index (κ3) is 3.15. The average molecular weight is 235 g/mol. The maximum atomic E-state index is 11.4. The maximum Gasteiger partial charge on any atom is 0.251 e. The zero-order chi connectivity index (χ0) is 11.5. The second-order valence-electron chi connectivity index (χ2n) is 3.62. The average Bonchev–Trinajstić information content (AvgIpc) is 2.21. The summed E-state index contributed by atoms with van der Waals surface area (Å²) in [6.07, 6.45) is 0.628. The Morgan fingerprint density at radius 3 is 2.40 bits per heavy atom. The van der Waals surface area contributed by atoms with E-state index >= 15 is 0 Å². The summed E-state index contributed by atoms with van der Waals surface area (Å²) in [7, 11) is -2.89. The van der Waals surface area contributed by atoms with Crippen LogP contribution in [0.2, 0.25) is 0 Å². The minimum Gasteiger partial charge on any atom is -0.293 e. The van der Waals surface area contributed by atoms with Gasteiger partial charge in [0, 0.05) is 13.1 Å². The van der Waals surface area contributed by atoms with E-state index in [-0.39, 0.29) is 23.5 Å². The Hall–Kier alpha value is -0.660. The molecule has 0 radical (unpaired) electrons. The Labute approximate surface area is 89.7 Å². The lowest BCUT2D eigenvalue weighted by Crippen LogP contribution is -2.53. The second kappa shape index (κ2) is 4.91. The predicted molar refractivity (Wildman–Crippen MR) is 56.6 cm³/mol. The topological polar surface area (TPSA) is 92.5 Å². The Morgan fingerprint density at radius 1 is 1.47 bits per heavy atom. The van der Waals surface area contributed by atoms with E-state index in [0.717, 1.165) is 0 Å². The first-order valence-corrected chi connectivity index (χ1v) is 6.77. The van der Waals surface area contributed by atoms with Gasteiger partial charge in [0.25, 0.3) is 5.91 Å². The Kier molecular flexibility index (Phi) is 4.06. The first kappa shape index (κ1) is 12.4. The molecule has 1 unspecified atom stereocenters. The third-order valence-corrected chi connectivity index (χ3v) is 4.26. The molecule has 3 N–H and O–H groups in total. The van der Waals surface area contributed by atoms with Crippen molar-refractivity contribution in [1.82, 2.24) is 10.3 Å². The number of nitrogens with two attached hydrogens (primary N) is 1. The van der Waals surface area contributed by atoms with Crippen LogP contribution in [0.5, 0.6) is 0 Å². The molecule has 15 heavy (non-hydrogen) atoms. The first-order chi connectivity index (χ1) is 7.00. The number of nitrogens with one attached hydrogen (secondary N) is 1. The van der Waals surface area contributed by atoms with Gasteiger partial charge in [-0.15, -0.1) is 0 Å². The van der Waals surface area contributed by atoms with Crippen LogP contribution in [0, 0.1) is 0 Å². The van der Waals surface area contributed by atoms with Gasteiger partial charge in [0.1, 0.15) is 0 Å². The molecule has 1 aliphatic heterocycles. The van der Waals surface area contributed by atoms with Crippen LogP contribution in [0.4, 0.5) is 0 Å². The van der Waals surface area contributed by atoms with Gasteiger partial charge in [-0.1, -0.05) is 6.92 Å². The van der Waals surface area contributed by atoms with Crippen molar-refractivity contribution in [1.29, 1.82) is 0 Å². The molecule has 0 aliphatic carbocycles. The highest BCUT2D eigenvalue weighted by Crippen LogP contribution is 2.10. The van der Waals surface area contributed by atoms with E-state index < -0.39 is 9.84 Å². The number of hydrazine groups is 1. The minimum absolute atomic E-state index is 0.126. The molecule has 1 aliphatic rings. The van der Waals surface area contributed by atoms with Gasteiger partial charge in [0.2, 0.25) is 0 Å². The van der Waals surface area contributed by atoms with E-state index in [1.54, 1.807) is 0 Å². The number of hydrogen-bond donors (Lipinski definition) is 2. The van der Waals surface area contributed by atoms with E-state index in [2.05, 4.69) is 5.43 Å². The molecular formula is C8H17N3O3S. The van der Waals surface area contributed by atoms with Crippen LogP contribution in [0.15, 0.2) is 0 Å². The zero-order valence-electron chi connectivity index (χ0n) is 8.77. The van der Waals surface area contributed by atoms with Gasteiger partial charge in [-0.25, -0.2) is 14.3 Å². The van der Waals surface area contributed by atoms with Gasteiger partial charge in [0.05, 0.1) is 17.5 Å². The Morgan fingerprint density at radius 2 is 2.00 bits per heavy atom. The monoisotopic (exact) mass is 235 g/mol. The van der Waals surface area contributed by atoms with Crippen LogP contribution >= 0.6 is 0 Å². The molecule has 1 saturated heterocycles. The summed E-state index contributed by atoms with van der Waals surface area (Å²) in [4.78, 5) is 13.2. The summed E-state index contributed by atoms with van der Waals surface area (Å²) in [5.41, 5.74) is 2.10. The standard InChI is InChI=1S/C8H17N3O3S/c1-2-7(8(12)10-9)11-3-5-15(13,14)6-4-11/h7H,2-6,9H2,1H3,(H,10,12). The lowest BCUT2D eigenvalue weighted by Gasteiger charge is -2.32. The van der Waals surface area contributed by atoms with E-state index in [9.17, 15) is 13.2 Å². The summed E-state index contributed by atoms with van der Waals surface area (Å²) >= 11 is 0. The van der Waals surface area contributed by atoms with Gasteiger partial charge in [0.15, 0.2) is 9.84 Å². The maximum absolute atomic E-state index is 11.4. The largest absolute Gasteiger partial charge is 0.293 e. The Balaban J connectivity index is 2.61. The van der Waals surface area contributed by atoms with Crippen LogP contribution in [-0.4, -0.2) is 49.9 Å². The van der Waals surface area contributed by atoms with Crippen molar-refractivity contribution < 1.29 is 13.2 Å². The molecule has 0 aromatic heterocycles. The van der Waals surface area contributed by atoms with E-state index in [1.807, 2.05) is 11.8 Å². The highest BCUT2D eigenvalue weighted by atomic mass is 32.2. The Bertz CT molecular complexity index is 314. The van der Waals surface area contributed by atoms with Crippen LogP contribution < -0.4 is 11.3 Å². The van der Waals surface area contributed by atoms with Crippen molar-refractivity contribution in [2.45, 2.75) is 19.4 Å². The molecule has 0 aromatic carbocycles. The smallest absolute Gasteiger partial charge is 0.251 e. The number of rotatable bonds is 3. The minimum atomic E-state index is -2.89. The van der Waals surface area contributed by atoms with E-state index in [4.69, 9.17) is 5.84 Å². The molecule has 0 spiro atoms. The quantitative estimate of drug-likeness (QED) is 0.352. The lowest BCUT2D eigenvalue weighted by molar-refractivity contribution is -0.126. The van der Waals surface area contributed by atoms with Crippen molar-refractivity contribution >= 4 is 15.7 Å². The lowest BCUT2D eigenvalue weighted by atomic mass is 10.2. The number of amides is 1. The SMILES string of the molecule is CCC(C(=O)NN)N1CCS(=O)(=O)CC1. The van der Waals surface area contributed by atoms with Gasteiger partial charge in [-0.3, -0.25) is 15.1 Å². The fraction of sp³-hybridized carbons (Fsp3) is 0.875. The van der Waals surface area contributed by atoms with Gasteiger partial charge in [-0.2, -0.15) is 0 Å². The molecule has 1 heterocycles. The molecule has 1 rings (SSSR count). The first-order valence-electron chi connectivity index (χ1n) is 4.95. The second-order valence-corrected chi connectivity index (χ2v) is 5.92. The number of carbonyl (C=O) groups excluding carboxylic acids is 1. The van der Waals surface area contributed by atoms with Gasteiger partial charge >= 0.3 is 0 Å².